The number of nitrogens with two attached hydrogens (primary N) is 1. The second kappa shape index (κ2) is 5.57. The van der Waals surface area contributed by atoms with Gasteiger partial charge in [-0.15, -0.1) is 0 Å². The summed E-state index contributed by atoms with van der Waals surface area (Å²) >= 11 is 0. The van der Waals surface area contributed by atoms with Crippen molar-refractivity contribution in [2.24, 2.45) is 0 Å². The maximum absolute atomic E-state index is 11.0. The first-order valence-electron chi connectivity index (χ1n) is 5.71. The number of benzene rings is 1. The molecule has 1 atom stereocenters. The molecule has 0 spiro atoms. The van der Waals surface area contributed by atoms with Crippen LogP contribution in [0.3, 0.4) is 0 Å². The van der Waals surface area contributed by atoms with Crippen LogP contribution in [0, 0.1) is 13.8 Å². The van der Waals surface area contributed by atoms with Crippen molar-refractivity contribution in [1.29, 1.82) is 0 Å². The largest absolute Gasteiger partial charge is 0.479 e. The molecule has 3 N–H and O–H groups in total. The summed E-state index contributed by atoms with van der Waals surface area (Å²) in [6.07, 6.45) is 0.445. The topological polar surface area (TPSA) is 72.5 Å². The van der Waals surface area contributed by atoms with E-state index >= 15 is 0 Å². The van der Waals surface area contributed by atoms with Crippen molar-refractivity contribution in [3.05, 3.63) is 23.3 Å². The molecule has 94 valence electrons. The van der Waals surface area contributed by atoms with Gasteiger partial charge in [-0.3, -0.25) is 0 Å². The van der Waals surface area contributed by atoms with Crippen molar-refractivity contribution in [1.82, 2.24) is 0 Å². The number of ether oxygens (including phenoxy) is 1. The first kappa shape index (κ1) is 13.4. The summed E-state index contributed by atoms with van der Waals surface area (Å²) in [5, 5.41) is 9.02. The SMILES string of the molecule is CCCC(Oc1cc(N)c(C)cc1C)C(=O)O. The van der Waals surface area contributed by atoms with Crippen LogP contribution in [-0.2, 0) is 4.79 Å². The van der Waals surface area contributed by atoms with Gasteiger partial charge >= 0.3 is 5.97 Å². The molecule has 0 aliphatic heterocycles. The molecule has 0 bridgehead atoms. The minimum atomic E-state index is -0.939. The van der Waals surface area contributed by atoms with Crippen LogP contribution in [0.4, 0.5) is 5.69 Å². The second-order valence-electron chi connectivity index (χ2n) is 4.21. The maximum Gasteiger partial charge on any atom is 0.344 e. The summed E-state index contributed by atoms with van der Waals surface area (Å²) in [6, 6.07) is 3.59. The molecule has 0 aliphatic carbocycles. The lowest BCUT2D eigenvalue weighted by molar-refractivity contribution is -0.145. The highest BCUT2D eigenvalue weighted by Crippen LogP contribution is 2.26. The monoisotopic (exact) mass is 237 g/mol. The summed E-state index contributed by atoms with van der Waals surface area (Å²) in [4.78, 5) is 11.0. The molecule has 0 radical (unpaired) electrons. The standard InChI is InChI=1S/C13H19NO3/c1-4-5-11(13(15)16)17-12-7-10(14)8(2)6-9(12)3/h6-7,11H,4-5,14H2,1-3H3,(H,15,16). The summed E-state index contributed by atoms with van der Waals surface area (Å²) in [7, 11) is 0. The van der Waals surface area contributed by atoms with Crippen LogP contribution in [-0.4, -0.2) is 17.2 Å². The average molecular weight is 237 g/mol. The number of aliphatic carboxylic acids is 1. The third-order valence-corrected chi connectivity index (χ3v) is 2.66. The number of anilines is 1. The second-order valence-corrected chi connectivity index (χ2v) is 4.21. The molecule has 0 fully saturated rings. The lowest BCUT2D eigenvalue weighted by Gasteiger charge is -2.17. The molecule has 4 nitrogen and oxygen atoms in total. The molecule has 0 saturated heterocycles. The molecule has 0 amide bonds. The zero-order valence-corrected chi connectivity index (χ0v) is 10.5. The number of carboxylic acids is 1. The van der Waals surface area contributed by atoms with Gasteiger partial charge in [0.2, 0.25) is 0 Å². The molecule has 1 unspecified atom stereocenters. The van der Waals surface area contributed by atoms with Crippen LogP contribution >= 0.6 is 0 Å². The summed E-state index contributed by atoms with van der Waals surface area (Å²) in [5.74, 6) is -0.389. The Morgan fingerprint density at radius 1 is 1.41 bits per heavy atom. The molecule has 1 rings (SSSR count). The summed E-state index contributed by atoms with van der Waals surface area (Å²) in [6.45, 7) is 5.72. The van der Waals surface area contributed by atoms with Gasteiger partial charge in [0, 0.05) is 11.8 Å². The Morgan fingerprint density at radius 3 is 2.59 bits per heavy atom. The van der Waals surface area contributed by atoms with E-state index < -0.39 is 12.1 Å². The van der Waals surface area contributed by atoms with Crippen LogP contribution in [0.5, 0.6) is 5.75 Å². The molecule has 17 heavy (non-hydrogen) atoms. The number of nitrogen functional groups attached to an aromatic ring is 1. The zero-order chi connectivity index (χ0) is 13.0. The van der Waals surface area contributed by atoms with E-state index in [0.29, 0.717) is 17.9 Å². The van der Waals surface area contributed by atoms with Gasteiger partial charge in [0.15, 0.2) is 6.10 Å². The third-order valence-electron chi connectivity index (χ3n) is 2.66. The van der Waals surface area contributed by atoms with Crippen molar-refractivity contribution in [3.8, 4) is 5.75 Å². The Morgan fingerprint density at radius 2 is 2.06 bits per heavy atom. The van der Waals surface area contributed by atoms with E-state index in [4.69, 9.17) is 15.6 Å². The molecular formula is C13H19NO3. The highest BCUT2D eigenvalue weighted by atomic mass is 16.5. The number of carbonyl (C=O) groups is 1. The highest BCUT2D eigenvalue weighted by molar-refractivity contribution is 5.73. The van der Waals surface area contributed by atoms with Gasteiger partial charge in [-0.2, -0.15) is 0 Å². The third kappa shape index (κ3) is 3.37. The van der Waals surface area contributed by atoms with E-state index in [1.54, 1.807) is 6.07 Å². The number of carboxylic acid groups (broad SMARTS) is 1. The normalized spacial score (nSPS) is 12.2. The Balaban J connectivity index is 2.93. The van der Waals surface area contributed by atoms with Crippen molar-refractivity contribution >= 4 is 11.7 Å². The maximum atomic E-state index is 11.0. The summed E-state index contributed by atoms with van der Waals surface area (Å²) < 4.78 is 5.50. The lowest BCUT2D eigenvalue weighted by atomic mass is 10.1. The van der Waals surface area contributed by atoms with Gasteiger partial charge in [0.1, 0.15) is 5.75 Å². The van der Waals surface area contributed by atoms with Crippen LogP contribution < -0.4 is 10.5 Å². The molecule has 1 aromatic rings. The van der Waals surface area contributed by atoms with Gasteiger partial charge in [-0.05, 0) is 31.4 Å². The van der Waals surface area contributed by atoms with Crippen LogP contribution in [0.25, 0.3) is 0 Å². The van der Waals surface area contributed by atoms with Gasteiger partial charge in [0.25, 0.3) is 0 Å². The van der Waals surface area contributed by atoms with Gasteiger partial charge in [0.05, 0.1) is 0 Å². The highest BCUT2D eigenvalue weighted by Gasteiger charge is 2.19. The zero-order valence-electron chi connectivity index (χ0n) is 10.5. The Bertz CT molecular complexity index is 415. The van der Waals surface area contributed by atoms with Crippen LogP contribution in [0.1, 0.15) is 30.9 Å². The van der Waals surface area contributed by atoms with Crippen molar-refractivity contribution in [2.75, 3.05) is 5.73 Å². The fraction of sp³-hybridized carbons (Fsp3) is 0.462. The molecule has 0 aromatic heterocycles. The minimum absolute atomic E-state index is 0.489. The Kier molecular flexibility index (Phi) is 4.37. The van der Waals surface area contributed by atoms with Crippen molar-refractivity contribution in [2.45, 2.75) is 39.7 Å². The predicted octanol–water partition coefficient (Wildman–Crippen LogP) is 2.52. The Hall–Kier alpha value is -1.71. The fourth-order valence-electron chi connectivity index (χ4n) is 1.62. The number of aryl methyl sites for hydroxylation is 2. The van der Waals surface area contributed by atoms with Crippen LogP contribution in [0.15, 0.2) is 12.1 Å². The molecule has 4 heteroatoms. The number of hydrogen-bond acceptors (Lipinski definition) is 3. The minimum Gasteiger partial charge on any atom is -0.479 e. The quantitative estimate of drug-likeness (QED) is 0.772. The molecule has 0 saturated carbocycles. The first-order valence-corrected chi connectivity index (χ1v) is 5.71. The van der Waals surface area contributed by atoms with E-state index in [2.05, 4.69) is 0 Å². The molecule has 0 heterocycles. The Labute approximate surface area is 101 Å². The fourth-order valence-corrected chi connectivity index (χ4v) is 1.62. The van der Waals surface area contributed by atoms with Crippen molar-refractivity contribution in [3.63, 3.8) is 0 Å². The summed E-state index contributed by atoms with van der Waals surface area (Å²) in [5.41, 5.74) is 8.28. The van der Waals surface area contributed by atoms with E-state index in [1.165, 1.54) is 0 Å². The molecular weight excluding hydrogens is 218 g/mol. The van der Waals surface area contributed by atoms with E-state index in [-0.39, 0.29) is 0 Å². The van der Waals surface area contributed by atoms with E-state index in [0.717, 1.165) is 17.5 Å². The predicted molar refractivity (Wildman–Crippen MR) is 67.3 cm³/mol. The smallest absolute Gasteiger partial charge is 0.344 e. The first-order chi connectivity index (χ1) is 7.95. The van der Waals surface area contributed by atoms with E-state index in [9.17, 15) is 4.79 Å². The number of rotatable bonds is 5. The lowest BCUT2D eigenvalue weighted by Crippen LogP contribution is -2.27. The van der Waals surface area contributed by atoms with Crippen molar-refractivity contribution < 1.29 is 14.6 Å². The van der Waals surface area contributed by atoms with Crippen LogP contribution in [0.2, 0.25) is 0 Å². The average Bonchev–Trinajstić information content (AvgIpc) is 2.24. The van der Waals surface area contributed by atoms with Gasteiger partial charge in [-0.25, -0.2) is 4.79 Å². The van der Waals surface area contributed by atoms with Gasteiger partial charge < -0.3 is 15.6 Å². The molecule has 0 aliphatic rings. The van der Waals surface area contributed by atoms with E-state index in [1.807, 2.05) is 26.8 Å². The van der Waals surface area contributed by atoms with Gasteiger partial charge in [-0.1, -0.05) is 19.4 Å². The molecule has 1 aromatic carbocycles. The number of hydrogen-bond donors (Lipinski definition) is 2.